The number of nitrogens with zero attached hydrogens (tertiary/aromatic N) is 5. The lowest BCUT2D eigenvalue weighted by Crippen LogP contribution is -2.08. The van der Waals surface area contributed by atoms with E-state index < -0.39 is 0 Å². The Bertz CT molecular complexity index is 855. The van der Waals surface area contributed by atoms with Gasteiger partial charge in [0.2, 0.25) is 0 Å². The van der Waals surface area contributed by atoms with Gasteiger partial charge in [-0.3, -0.25) is 4.57 Å². The second-order valence-electron chi connectivity index (χ2n) is 4.70. The van der Waals surface area contributed by atoms with Crippen LogP contribution in [0.4, 0.5) is 0 Å². The number of para-hydroxylation sites is 2. The van der Waals surface area contributed by atoms with Crippen LogP contribution in [0.2, 0.25) is 0 Å². The summed E-state index contributed by atoms with van der Waals surface area (Å²) in [5.74, 6) is 1.34. The van der Waals surface area contributed by atoms with Gasteiger partial charge in [-0.25, -0.2) is 4.98 Å². The lowest BCUT2D eigenvalue weighted by molar-refractivity contribution is 0.864. The van der Waals surface area contributed by atoms with Gasteiger partial charge in [-0.2, -0.15) is 10.4 Å². The van der Waals surface area contributed by atoms with E-state index in [9.17, 15) is 5.26 Å². The van der Waals surface area contributed by atoms with Crippen LogP contribution in [0, 0.1) is 32.1 Å². The van der Waals surface area contributed by atoms with E-state index in [1.807, 2.05) is 49.6 Å². The molecule has 0 bridgehead atoms. The summed E-state index contributed by atoms with van der Waals surface area (Å²) in [6, 6.07) is 10.0. The van der Waals surface area contributed by atoms with Crippen molar-refractivity contribution in [2.24, 2.45) is 0 Å². The molecule has 3 aromatic rings. The molecular formula is C15H13N5. The molecule has 0 aliphatic rings. The fourth-order valence-corrected chi connectivity index (χ4v) is 2.30. The van der Waals surface area contributed by atoms with E-state index in [0.717, 1.165) is 28.1 Å². The van der Waals surface area contributed by atoms with E-state index >= 15 is 0 Å². The first-order chi connectivity index (χ1) is 9.63. The van der Waals surface area contributed by atoms with E-state index in [1.54, 1.807) is 0 Å². The van der Waals surface area contributed by atoms with Gasteiger partial charge in [0.05, 0.1) is 16.7 Å². The number of imidazole rings is 1. The summed E-state index contributed by atoms with van der Waals surface area (Å²) in [5.41, 5.74) is 3.98. The van der Waals surface area contributed by atoms with Gasteiger partial charge in [-0.1, -0.05) is 12.1 Å². The standard InChI is InChI=1S/C15H13N5/c1-9-10(2)18-19-15(12(9)8-16)20-11(3)17-13-6-4-5-7-14(13)20/h4-7H,1-3H3. The number of fused-ring (bicyclic) bond motifs is 1. The van der Waals surface area contributed by atoms with Crippen LogP contribution >= 0.6 is 0 Å². The number of aryl methyl sites for hydroxylation is 2. The molecular weight excluding hydrogens is 250 g/mol. The van der Waals surface area contributed by atoms with Crippen LogP contribution in [-0.2, 0) is 0 Å². The fraction of sp³-hybridized carbons (Fsp3) is 0.200. The average molecular weight is 263 g/mol. The van der Waals surface area contributed by atoms with E-state index in [-0.39, 0.29) is 0 Å². The summed E-state index contributed by atoms with van der Waals surface area (Å²) < 4.78 is 1.88. The van der Waals surface area contributed by atoms with Crippen molar-refractivity contribution in [1.82, 2.24) is 19.7 Å². The molecule has 0 radical (unpaired) electrons. The highest BCUT2D eigenvalue weighted by Crippen LogP contribution is 2.23. The molecule has 5 heteroatoms. The van der Waals surface area contributed by atoms with Gasteiger partial charge in [-0.15, -0.1) is 5.10 Å². The minimum absolute atomic E-state index is 0.543. The zero-order valence-corrected chi connectivity index (χ0v) is 11.5. The minimum Gasteiger partial charge on any atom is -0.278 e. The maximum absolute atomic E-state index is 9.43. The first kappa shape index (κ1) is 12.3. The molecule has 0 saturated carbocycles. The van der Waals surface area contributed by atoms with Gasteiger partial charge in [0.25, 0.3) is 0 Å². The van der Waals surface area contributed by atoms with Crippen LogP contribution in [0.25, 0.3) is 16.9 Å². The Hall–Kier alpha value is -2.74. The van der Waals surface area contributed by atoms with Gasteiger partial charge in [0.15, 0.2) is 5.82 Å². The summed E-state index contributed by atoms with van der Waals surface area (Å²) in [5, 5.41) is 17.8. The van der Waals surface area contributed by atoms with Crippen LogP contribution < -0.4 is 0 Å². The molecule has 0 atom stereocenters. The van der Waals surface area contributed by atoms with Crippen molar-refractivity contribution in [2.75, 3.05) is 0 Å². The summed E-state index contributed by atoms with van der Waals surface area (Å²) in [7, 11) is 0. The molecule has 0 aliphatic heterocycles. The normalized spacial score (nSPS) is 10.7. The van der Waals surface area contributed by atoms with Gasteiger partial charge >= 0.3 is 0 Å². The molecule has 98 valence electrons. The zero-order chi connectivity index (χ0) is 14.3. The third kappa shape index (κ3) is 1.66. The van der Waals surface area contributed by atoms with E-state index in [2.05, 4.69) is 21.3 Å². The van der Waals surface area contributed by atoms with Crippen LogP contribution in [0.15, 0.2) is 24.3 Å². The molecule has 0 saturated heterocycles. The molecule has 3 rings (SSSR count). The summed E-state index contributed by atoms with van der Waals surface area (Å²) in [6.45, 7) is 5.64. The predicted octanol–water partition coefficient (Wildman–Crippen LogP) is 2.61. The molecule has 2 heterocycles. The molecule has 0 unspecified atom stereocenters. The molecule has 0 N–H and O–H groups in total. The van der Waals surface area contributed by atoms with Crippen molar-refractivity contribution in [3.63, 3.8) is 0 Å². The highest BCUT2D eigenvalue weighted by atomic mass is 15.2. The van der Waals surface area contributed by atoms with Crippen molar-refractivity contribution >= 4 is 11.0 Å². The first-order valence-corrected chi connectivity index (χ1v) is 6.32. The lowest BCUT2D eigenvalue weighted by Gasteiger charge is -2.10. The van der Waals surface area contributed by atoms with E-state index in [1.165, 1.54) is 0 Å². The fourth-order valence-electron chi connectivity index (χ4n) is 2.30. The number of aromatic nitrogens is 4. The summed E-state index contributed by atoms with van der Waals surface area (Å²) >= 11 is 0. The molecule has 0 spiro atoms. The van der Waals surface area contributed by atoms with Crippen LogP contribution in [0.3, 0.4) is 0 Å². The van der Waals surface area contributed by atoms with Crippen molar-refractivity contribution in [2.45, 2.75) is 20.8 Å². The van der Waals surface area contributed by atoms with Gasteiger partial charge < -0.3 is 0 Å². The molecule has 0 fully saturated rings. The smallest absolute Gasteiger partial charge is 0.179 e. The van der Waals surface area contributed by atoms with Crippen molar-refractivity contribution in [3.8, 4) is 11.9 Å². The second-order valence-corrected chi connectivity index (χ2v) is 4.70. The third-order valence-corrected chi connectivity index (χ3v) is 3.49. The number of rotatable bonds is 1. The third-order valence-electron chi connectivity index (χ3n) is 3.49. The van der Waals surface area contributed by atoms with Crippen molar-refractivity contribution in [3.05, 3.63) is 46.9 Å². The van der Waals surface area contributed by atoms with Crippen molar-refractivity contribution < 1.29 is 0 Å². The minimum atomic E-state index is 0.543. The first-order valence-electron chi connectivity index (χ1n) is 6.32. The zero-order valence-electron chi connectivity index (χ0n) is 11.5. The molecule has 1 aromatic carbocycles. The Labute approximate surface area is 116 Å². The molecule has 20 heavy (non-hydrogen) atoms. The van der Waals surface area contributed by atoms with Gasteiger partial charge in [0, 0.05) is 0 Å². The van der Waals surface area contributed by atoms with Crippen LogP contribution in [-0.4, -0.2) is 19.7 Å². The van der Waals surface area contributed by atoms with Gasteiger partial charge in [0.1, 0.15) is 17.5 Å². The average Bonchev–Trinajstić information content (AvgIpc) is 2.77. The molecule has 5 nitrogen and oxygen atoms in total. The Balaban J connectivity index is 2.41. The van der Waals surface area contributed by atoms with Crippen LogP contribution in [0.1, 0.15) is 22.6 Å². The Morgan fingerprint density at radius 1 is 1.10 bits per heavy atom. The Morgan fingerprint density at radius 3 is 2.60 bits per heavy atom. The molecule has 0 amide bonds. The Morgan fingerprint density at radius 2 is 1.85 bits per heavy atom. The van der Waals surface area contributed by atoms with Gasteiger partial charge in [-0.05, 0) is 38.5 Å². The second kappa shape index (κ2) is 4.42. The highest BCUT2D eigenvalue weighted by Gasteiger charge is 2.17. The van der Waals surface area contributed by atoms with E-state index in [4.69, 9.17) is 0 Å². The lowest BCUT2D eigenvalue weighted by atomic mass is 10.1. The van der Waals surface area contributed by atoms with E-state index in [0.29, 0.717) is 11.4 Å². The number of nitriles is 1. The molecule has 2 aromatic heterocycles. The number of hydrogen-bond acceptors (Lipinski definition) is 4. The predicted molar refractivity (Wildman–Crippen MR) is 75.6 cm³/mol. The van der Waals surface area contributed by atoms with Crippen LogP contribution in [0.5, 0.6) is 0 Å². The SMILES string of the molecule is Cc1nnc(-n2c(C)nc3ccccc32)c(C#N)c1C. The van der Waals surface area contributed by atoms with Crippen molar-refractivity contribution in [1.29, 1.82) is 5.26 Å². The number of hydrogen-bond donors (Lipinski definition) is 0. The maximum Gasteiger partial charge on any atom is 0.179 e. The number of benzene rings is 1. The maximum atomic E-state index is 9.43. The highest BCUT2D eigenvalue weighted by molar-refractivity contribution is 5.78. The Kier molecular flexibility index (Phi) is 2.72. The summed E-state index contributed by atoms with van der Waals surface area (Å²) in [4.78, 5) is 4.50. The monoisotopic (exact) mass is 263 g/mol. The quantitative estimate of drug-likeness (QED) is 0.676. The summed E-state index contributed by atoms with van der Waals surface area (Å²) in [6.07, 6.45) is 0. The largest absolute Gasteiger partial charge is 0.278 e. The topological polar surface area (TPSA) is 67.4 Å². The molecule has 0 aliphatic carbocycles.